The first-order chi connectivity index (χ1) is 11.8. The van der Waals surface area contributed by atoms with E-state index in [0.29, 0.717) is 0 Å². The van der Waals surface area contributed by atoms with Crippen LogP contribution in [0, 0.1) is 0 Å². The number of aliphatic hydroxyl groups is 1. The Hall–Kier alpha value is -2.11. The van der Waals surface area contributed by atoms with Crippen molar-refractivity contribution in [2.45, 2.75) is 31.8 Å². The fourth-order valence-electron chi connectivity index (χ4n) is 3.58. The van der Waals surface area contributed by atoms with Crippen LogP contribution in [0.1, 0.15) is 24.8 Å². The van der Waals surface area contributed by atoms with Crippen LogP contribution in [-0.4, -0.2) is 50.3 Å². The summed E-state index contributed by atoms with van der Waals surface area (Å²) in [6.45, 7) is 3.17. The molecule has 5 heteroatoms. The first kappa shape index (κ1) is 15.4. The molecule has 2 N–H and O–H groups in total. The molecule has 0 atom stereocenters. The van der Waals surface area contributed by atoms with Crippen molar-refractivity contribution in [2.75, 3.05) is 19.6 Å². The average Bonchev–Trinajstić information content (AvgIpc) is 3.26. The number of nitrogens with zero attached hydrogens (tertiary/aromatic N) is 3. The second-order valence-corrected chi connectivity index (χ2v) is 6.69. The lowest BCUT2D eigenvalue weighted by atomic mass is 10.1. The summed E-state index contributed by atoms with van der Waals surface area (Å²) in [7, 11) is 0. The zero-order valence-electron chi connectivity index (χ0n) is 13.9. The topological polar surface area (TPSA) is 57.1 Å². The molecule has 3 heterocycles. The highest BCUT2D eigenvalue weighted by atomic mass is 16.3. The molecule has 0 amide bonds. The summed E-state index contributed by atoms with van der Waals surface area (Å²) in [5.41, 5.74) is 3.71. The van der Waals surface area contributed by atoms with E-state index in [1.807, 2.05) is 17.1 Å². The highest BCUT2D eigenvalue weighted by Crippen LogP contribution is 2.23. The predicted octanol–water partition coefficient (Wildman–Crippen LogP) is 2.74. The molecule has 1 saturated heterocycles. The minimum atomic E-state index is -0.0866. The Bertz CT molecular complexity index is 785. The molecular weight excluding hydrogens is 300 g/mol. The van der Waals surface area contributed by atoms with E-state index in [4.69, 9.17) is 0 Å². The molecule has 0 radical (unpaired) electrons. The van der Waals surface area contributed by atoms with E-state index >= 15 is 0 Å². The standard InChI is InChI=1S/C19H24N4O/c24-17-5-9-22(10-6-17)8-1-2-15-13-21-19-4-3-16(12-18(15)19)23-11-7-20-14-23/h3-4,7,11-14,17,21,24H,1-2,5-6,8-10H2. The first-order valence-electron chi connectivity index (χ1n) is 8.78. The number of hydrogen-bond donors (Lipinski definition) is 2. The van der Waals surface area contributed by atoms with E-state index in [-0.39, 0.29) is 6.10 Å². The van der Waals surface area contributed by atoms with Gasteiger partial charge in [-0.25, -0.2) is 4.98 Å². The zero-order valence-corrected chi connectivity index (χ0v) is 13.9. The zero-order chi connectivity index (χ0) is 16.4. The van der Waals surface area contributed by atoms with Gasteiger partial charge in [0.15, 0.2) is 0 Å². The lowest BCUT2D eigenvalue weighted by Crippen LogP contribution is -2.36. The number of aryl methyl sites for hydroxylation is 1. The number of piperidine rings is 1. The van der Waals surface area contributed by atoms with Crippen molar-refractivity contribution in [3.63, 3.8) is 0 Å². The van der Waals surface area contributed by atoms with Gasteiger partial charge in [-0.1, -0.05) is 0 Å². The third-order valence-corrected chi connectivity index (χ3v) is 5.03. The van der Waals surface area contributed by atoms with Gasteiger partial charge in [0.2, 0.25) is 0 Å². The molecular formula is C19H24N4O. The van der Waals surface area contributed by atoms with Crippen LogP contribution in [0.4, 0.5) is 0 Å². The van der Waals surface area contributed by atoms with E-state index in [9.17, 15) is 5.11 Å². The van der Waals surface area contributed by atoms with Gasteiger partial charge in [-0.15, -0.1) is 0 Å². The molecule has 0 saturated carbocycles. The maximum absolute atomic E-state index is 9.59. The Morgan fingerprint density at radius 3 is 2.92 bits per heavy atom. The van der Waals surface area contributed by atoms with E-state index < -0.39 is 0 Å². The molecule has 0 bridgehead atoms. The van der Waals surface area contributed by atoms with Gasteiger partial charge < -0.3 is 19.6 Å². The summed E-state index contributed by atoms with van der Waals surface area (Å²) in [4.78, 5) is 9.98. The number of likely N-dealkylation sites (tertiary alicyclic amines) is 1. The smallest absolute Gasteiger partial charge is 0.0991 e. The number of H-pyrrole nitrogens is 1. The van der Waals surface area contributed by atoms with Crippen LogP contribution >= 0.6 is 0 Å². The number of fused-ring (bicyclic) bond motifs is 1. The molecule has 0 unspecified atom stereocenters. The molecule has 3 aromatic rings. The fraction of sp³-hybridized carbons (Fsp3) is 0.421. The Labute approximate surface area is 141 Å². The molecule has 2 aromatic heterocycles. The highest BCUT2D eigenvalue weighted by molar-refractivity contribution is 5.85. The van der Waals surface area contributed by atoms with Crippen molar-refractivity contribution in [3.8, 4) is 5.69 Å². The minimum Gasteiger partial charge on any atom is -0.393 e. The van der Waals surface area contributed by atoms with E-state index in [2.05, 4.69) is 39.3 Å². The molecule has 1 aliphatic heterocycles. The summed E-state index contributed by atoms with van der Waals surface area (Å²) < 4.78 is 2.04. The molecule has 1 fully saturated rings. The number of hydrogen-bond acceptors (Lipinski definition) is 3. The first-order valence-corrected chi connectivity index (χ1v) is 8.78. The highest BCUT2D eigenvalue weighted by Gasteiger charge is 2.16. The second kappa shape index (κ2) is 6.79. The van der Waals surface area contributed by atoms with Gasteiger partial charge in [0, 0.05) is 48.3 Å². The van der Waals surface area contributed by atoms with Gasteiger partial charge in [-0.3, -0.25) is 0 Å². The van der Waals surface area contributed by atoms with Crippen LogP contribution in [0.15, 0.2) is 43.1 Å². The average molecular weight is 324 g/mol. The van der Waals surface area contributed by atoms with Gasteiger partial charge >= 0.3 is 0 Å². The molecule has 4 rings (SSSR count). The number of nitrogens with one attached hydrogen (secondary N) is 1. The van der Waals surface area contributed by atoms with Gasteiger partial charge in [0.05, 0.1) is 12.4 Å². The molecule has 1 aliphatic rings. The van der Waals surface area contributed by atoms with E-state index in [0.717, 1.165) is 51.0 Å². The molecule has 5 nitrogen and oxygen atoms in total. The number of rotatable bonds is 5. The van der Waals surface area contributed by atoms with Gasteiger partial charge in [0.25, 0.3) is 0 Å². The number of aliphatic hydroxyl groups excluding tert-OH is 1. The number of imidazole rings is 1. The SMILES string of the molecule is OC1CCN(CCCc2c[nH]c3ccc(-n4ccnc4)cc23)CC1. The van der Waals surface area contributed by atoms with Crippen LogP contribution < -0.4 is 0 Å². The van der Waals surface area contributed by atoms with Crippen molar-refractivity contribution in [1.29, 1.82) is 0 Å². The van der Waals surface area contributed by atoms with Crippen LogP contribution in [0.2, 0.25) is 0 Å². The largest absolute Gasteiger partial charge is 0.393 e. The Balaban J connectivity index is 1.43. The van der Waals surface area contributed by atoms with Crippen molar-refractivity contribution in [2.24, 2.45) is 0 Å². The maximum atomic E-state index is 9.59. The van der Waals surface area contributed by atoms with Gasteiger partial charge in [-0.2, -0.15) is 0 Å². The fourth-order valence-corrected chi connectivity index (χ4v) is 3.58. The Morgan fingerprint density at radius 2 is 2.12 bits per heavy atom. The van der Waals surface area contributed by atoms with Crippen LogP contribution in [0.25, 0.3) is 16.6 Å². The molecule has 0 spiro atoms. The summed E-state index contributed by atoms with van der Waals surface area (Å²) >= 11 is 0. The van der Waals surface area contributed by atoms with Crippen LogP contribution in [-0.2, 0) is 6.42 Å². The lowest BCUT2D eigenvalue weighted by molar-refractivity contribution is 0.0821. The molecule has 0 aliphatic carbocycles. The number of aromatic amines is 1. The Morgan fingerprint density at radius 1 is 1.25 bits per heavy atom. The molecule has 24 heavy (non-hydrogen) atoms. The van der Waals surface area contributed by atoms with Crippen LogP contribution in [0.5, 0.6) is 0 Å². The summed E-state index contributed by atoms with van der Waals surface area (Å²) in [6, 6.07) is 6.49. The normalized spacial score (nSPS) is 16.9. The summed E-state index contributed by atoms with van der Waals surface area (Å²) in [5, 5.41) is 10.9. The number of benzene rings is 1. The van der Waals surface area contributed by atoms with Crippen molar-refractivity contribution >= 4 is 10.9 Å². The summed E-state index contributed by atoms with van der Waals surface area (Å²) in [6.07, 6.45) is 11.7. The van der Waals surface area contributed by atoms with Crippen molar-refractivity contribution < 1.29 is 5.11 Å². The Kier molecular flexibility index (Phi) is 4.36. The van der Waals surface area contributed by atoms with E-state index in [1.54, 1.807) is 6.20 Å². The number of aromatic nitrogens is 3. The lowest BCUT2D eigenvalue weighted by Gasteiger charge is -2.29. The minimum absolute atomic E-state index is 0.0866. The summed E-state index contributed by atoms with van der Waals surface area (Å²) in [5.74, 6) is 0. The van der Waals surface area contributed by atoms with Crippen molar-refractivity contribution in [3.05, 3.63) is 48.7 Å². The quantitative estimate of drug-likeness (QED) is 0.759. The molecule has 1 aromatic carbocycles. The van der Waals surface area contributed by atoms with E-state index in [1.165, 1.54) is 16.5 Å². The van der Waals surface area contributed by atoms with Crippen LogP contribution in [0.3, 0.4) is 0 Å². The van der Waals surface area contributed by atoms with Gasteiger partial charge in [-0.05, 0) is 56.0 Å². The molecule has 126 valence electrons. The van der Waals surface area contributed by atoms with Crippen molar-refractivity contribution in [1.82, 2.24) is 19.4 Å². The second-order valence-electron chi connectivity index (χ2n) is 6.69. The third kappa shape index (κ3) is 3.23. The third-order valence-electron chi connectivity index (χ3n) is 5.03. The van der Waals surface area contributed by atoms with Gasteiger partial charge in [0.1, 0.15) is 0 Å². The predicted molar refractivity (Wildman–Crippen MR) is 95.4 cm³/mol. The maximum Gasteiger partial charge on any atom is 0.0991 e. The monoisotopic (exact) mass is 324 g/mol.